The summed E-state index contributed by atoms with van der Waals surface area (Å²) >= 11 is 5.38. The van der Waals surface area contributed by atoms with Gasteiger partial charge in [-0.1, -0.05) is 22.6 Å². The van der Waals surface area contributed by atoms with Crippen molar-refractivity contribution in [3.05, 3.63) is 32.3 Å². The number of hydrogen-bond acceptors (Lipinski definition) is 4. The smallest absolute Gasteiger partial charge is 0.285 e. The standard InChI is InChI=1S/C7H5BrIN3O2/c8-4-1-3-5(10-11-7(3)9)2-6(4)12(13)14/h1-2,7,10-11H. The zero-order chi connectivity index (χ0) is 10.3. The van der Waals surface area contributed by atoms with Gasteiger partial charge in [0.05, 0.1) is 15.1 Å². The number of halogens is 2. The van der Waals surface area contributed by atoms with E-state index in [1.54, 1.807) is 6.07 Å². The molecule has 1 aromatic carbocycles. The van der Waals surface area contributed by atoms with Gasteiger partial charge in [0.15, 0.2) is 0 Å². The highest BCUT2D eigenvalue weighted by atomic mass is 127. The van der Waals surface area contributed by atoms with Crippen LogP contribution in [-0.4, -0.2) is 4.92 Å². The molecule has 1 aliphatic heterocycles. The molecule has 1 aliphatic rings. The quantitative estimate of drug-likeness (QED) is 0.262. The van der Waals surface area contributed by atoms with Crippen LogP contribution >= 0.6 is 38.5 Å². The van der Waals surface area contributed by atoms with Crippen LogP contribution in [0.5, 0.6) is 0 Å². The Labute approximate surface area is 102 Å². The van der Waals surface area contributed by atoms with Gasteiger partial charge in [0, 0.05) is 11.6 Å². The number of alkyl halides is 1. The Balaban J connectivity index is 2.55. The number of nitro groups is 1. The fraction of sp³-hybridized carbons (Fsp3) is 0.143. The number of nitrogens with one attached hydrogen (secondary N) is 2. The fourth-order valence-electron chi connectivity index (χ4n) is 1.25. The Hall–Kier alpha value is -0.410. The number of anilines is 1. The number of fused-ring (bicyclic) bond motifs is 1. The summed E-state index contributed by atoms with van der Waals surface area (Å²) in [6.07, 6.45) is 0. The van der Waals surface area contributed by atoms with E-state index in [4.69, 9.17) is 0 Å². The molecule has 0 saturated carbocycles. The minimum atomic E-state index is -0.410. The molecule has 0 aromatic heterocycles. The predicted molar refractivity (Wildman–Crippen MR) is 64.3 cm³/mol. The first-order valence-electron chi connectivity index (χ1n) is 3.73. The van der Waals surface area contributed by atoms with Gasteiger partial charge in [-0.15, -0.1) is 0 Å². The molecule has 2 rings (SSSR count). The molecule has 0 bridgehead atoms. The molecule has 0 aliphatic carbocycles. The van der Waals surface area contributed by atoms with Crippen LogP contribution in [-0.2, 0) is 0 Å². The maximum absolute atomic E-state index is 10.6. The Morgan fingerprint density at radius 2 is 2.29 bits per heavy atom. The second-order valence-corrected chi connectivity index (χ2v) is 4.88. The molecule has 1 unspecified atom stereocenters. The number of rotatable bonds is 1. The van der Waals surface area contributed by atoms with E-state index in [0.29, 0.717) is 4.47 Å². The molecule has 0 radical (unpaired) electrons. The third-order valence-electron chi connectivity index (χ3n) is 1.92. The van der Waals surface area contributed by atoms with Crippen LogP contribution in [0, 0.1) is 10.1 Å². The van der Waals surface area contributed by atoms with Crippen molar-refractivity contribution in [2.24, 2.45) is 0 Å². The van der Waals surface area contributed by atoms with Gasteiger partial charge < -0.3 is 5.43 Å². The molecule has 0 amide bonds. The number of benzene rings is 1. The monoisotopic (exact) mass is 369 g/mol. The summed E-state index contributed by atoms with van der Waals surface area (Å²) in [6, 6.07) is 3.28. The minimum Gasteiger partial charge on any atom is -0.320 e. The van der Waals surface area contributed by atoms with Crippen molar-refractivity contribution in [2.45, 2.75) is 4.05 Å². The van der Waals surface area contributed by atoms with Crippen LogP contribution in [0.1, 0.15) is 9.61 Å². The second kappa shape index (κ2) is 3.63. The molecule has 1 heterocycles. The summed E-state index contributed by atoms with van der Waals surface area (Å²) in [7, 11) is 0. The van der Waals surface area contributed by atoms with Crippen molar-refractivity contribution >= 4 is 49.9 Å². The summed E-state index contributed by atoms with van der Waals surface area (Å²) in [5, 5.41) is 10.6. The molecule has 1 aromatic rings. The average Bonchev–Trinajstić information content (AvgIpc) is 2.46. The van der Waals surface area contributed by atoms with E-state index >= 15 is 0 Å². The van der Waals surface area contributed by atoms with Gasteiger partial charge in [-0.2, -0.15) is 0 Å². The normalized spacial score (nSPS) is 18.9. The number of hydrazine groups is 1. The summed E-state index contributed by atoms with van der Waals surface area (Å²) < 4.78 is 0.646. The van der Waals surface area contributed by atoms with E-state index in [1.807, 2.05) is 0 Å². The Morgan fingerprint density at radius 1 is 1.57 bits per heavy atom. The summed E-state index contributed by atoms with van der Waals surface area (Å²) in [5.41, 5.74) is 7.71. The molecule has 1 atom stereocenters. The lowest BCUT2D eigenvalue weighted by Gasteiger charge is -2.01. The molecule has 2 N–H and O–H groups in total. The zero-order valence-electron chi connectivity index (χ0n) is 6.75. The van der Waals surface area contributed by atoms with Gasteiger partial charge in [-0.05, 0) is 22.0 Å². The summed E-state index contributed by atoms with van der Waals surface area (Å²) in [6.45, 7) is 0. The highest BCUT2D eigenvalue weighted by molar-refractivity contribution is 14.1. The van der Waals surface area contributed by atoms with Gasteiger partial charge in [0.1, 0.15) is 4.05 Å². The molecule has 7 heteroatoms. The van der Waals surface area contributed by atoms with Crippen molar-refractivity contribution in [2.75, 3.05) is 5.43 Å². The maximum Gasteiger partial charge on any atom is 0.285 e. The van der Waals surface area contributed by atoms with E-state index in [0.717, 1.165) is 11.3 Å². The Bertz CT molecular complexity index is 412. The molecule has 74 valence electrons. The SMILES string of the molecule is O=[N+]([O-])c1cc2c(cc1Br)C(I)NN2. The van der Waals surface area contributed by atoms with Gasteiger partial charge in [0.2, 0.25) is 0 Å². The summed E-state index contributed by atoms with van der Waals surface area (Å²) in [4.78, 5) is 10.2. The predicted octanol–water partition coefficient (Wildman–Crippen LogP) is 2.72. The third-order valence-corrected chi connectivity index (χ3v) is 3.54. The van der Waals surface area contributed by atoms with Crippen LogP contribution in [0.15, 0.2) is 16.6 Å². The number of hydrogen-bond donors (Lipinski definition) is 2. The largest absolute Gasteiger partial charge is 0.320 e. The van der Waals surface area contributed by atoms with Gasteiger partial charge in [-0.3, -0.25) is 10.1 Å². The van der Waals surface area contributed by atoms with E-state index in [1.165, 1.54) is 6.07 Å². The Morgan fingerprint density at radius 3 is 2.93 bits per heavy atom. The van der Waals surface area contributed by atoms with Gasteiger partial charge >= 0.3 is 0 Å². The van der Waals surface area contributed by atoms with Crippen LogP contribution < -0.4 is 10.9 Å². The van der Waals surface area contributed by atoms with Crippen LogP contribution in [0.2, 0.25) is 0 Å². The third kappa shape index (κ3) is 1.59. The first-order chi connectivity index (χ1) is 6.59. The molecule has 0 saturated heterocycles. The minimum absolute atomic E-state index is 0.0727. The van der Waals surface area contributed by atoms with Crippen LogP contribution in [0.25, 0.3) is 0 Å². The molecular formula is C7H5BrIN3O2. The fourth-order valence-corrected chi connectivity index (χ4v) is 2.43. The van der Waals surface area contributed by atoms with Gasteiger partial charge in [-0.25, -0.2) is 5.43 Å². The lowest BCUT2D eigenvalue weighted by Crippen LogP contribution is -2.13. The summed E-state index contributed by atoms with van der Waals surface area (Å²) in [5.74, 6) is 0. The Kier molecular flexibility index (Phi) is 2.62. The van der Waals surface area contributed by atoms with Crippen molar-refractivity contribution in [3.63, 3.8) is 0 Å². The van der Waals surface area contributed by atoms with Crippen molar-refractivity contribution < 1.29 is 4.92 Å². The van der Waals surface area contributed by atoms with Gasteiger partial charge in [0.25, 0.3) is 5.69 Å². The second-order valence-electron chi connectivity index (χ2n) is 2.78. The van der Waals surface area contributed by atoms with Crippen molar-refractivity contribution in [1.82, 2.24) is 5.43 Å². The maximum atomic E-state index is 10.6. The highest BCUT2D eigenvalue weighted by Crippen LogP contribution is 2.39. The average molecular weight is 370 g/mol. The number of nitro benzene ring substituents is 1. The number of nitrogens with zero attached hydrogens (tertiary/aromatic N) is 1. The van der Waals surface area contributed by atoms with E-state index < -0.39 is 4.92 Å². The first-order valence-corrected chi connectivity index (χ1v) is 5.77. The van der Waals surface area contributed by atoms with E-state index in [2.05, 4.69) is 49.4 Å². The molecule has 5 nitrogen and oxygen atoms in total. The lowest BCUT2D eigenvalue weighted by atomic mass is 10.2. The van der Waals surface area contributed by atoms with E-state index in [-0.39, 0.29) is 9.74 Å². The lowest BCUT2D eigenvalue weighted by molar-refractivity contribution is -0.385. The topological polar surface area (TPSA) is 67.2 Å². The van der Waals surface area contributed by atoms with Crippen LogP contribution in [0.3, 0.4) is 0 Å². The van der Waals surface area contributed by atoms with Crippen LogP contribution in [0.4, 0.5) is 11.4 Å². The van der Waals surface area contributed by atoms with Crippen molar-refractivity contribution in [3.8, 4) is 0 Å². The highest BCUT2D eigenvalue weighted by Gasteiger charge is 2.24. The molecule has 14 heavy (non-hydrogen) atoms. The molecule has 0 spiro atoms. The molecule has 0 fully saturated rings. The van der Waals surface area contributed by atoms with E-state index in [9.17, 15) is 10.1 Å². The van der Waals surface area contributed by atoms with Crippen molar-refractivity contribution in [1.29, 1.82) is 0 Å². The first kappa shape index (κ1) is 10.1. The molecular weight excluding hydrogens is 365 g/mol. The zero-order valence-corrected chi connectivity index (χ0v) is 10.5.